The van der Waals surface area contributed by atoms with Gasteiger partial charge in [-0.1, -0.05) is 59.6 Å². The number of ether oxygens (including phenoxy) is 2. The fourth-order valence-electron chi connectivity index (χ4n) is 3.70. The van der Waals surface area contributed by atoms with E-state index in [1.807, 2.05) is 32.0 Å². The first-order valence-corrected chi connectivity index (χ1v) is 11.9. The number of esters is 1. The Morgan fingerprint density at radius 1 is 0.971 bits per heavy atom. The lowest BCUT2D eigenvalue weighted by Crippen LogP contribution is -2.35. The van der Waals surface area contributed by atoms with Crippen molar-refractivity contribution in [3.05, 3.63) is 93.0 Å². The molecule has 0 fully saturated rings. The van der Waals surface area contributed by atoms with Crippen LogP contribution in [0.4, 0.5) is 5.69 Å². The minimum absolute atomic E-state index is 0.0238. The Morgan fingerprint density at radius 3 is 2.29 bits per heavy atom. The van der Waals surface area contributed by atoms with E-state index in [9.17, 15) is 9.59 Å². The molecule has 0 heterocycles. The molecule has 0 aliphatic rings. The van der Waals surface area contributed by atoms with Crippen molar-refractivity contribution in [3.8, 4) is 5.75 Å². The van der Waals surface area contributed by atoms with E-state index in [2.05, 4.69) is 16.7 Å². The third kappa shape index (κ3) is 7.38. The summed E-state index contributed by atoms with van der Waals surface area (Å²) in [6, 6.07) is 17.4. The van der Waals surface area contributed by atoms with Gasteiger partial charge in [-0.05, 0) is 60.4 Å². The van der Waals surface area contributed by atoms with Gasteiger partial charge in [0, 0.05) is 12.2 Å². The molecule has 184 valence electrons. The fraction of sp³-hybridized carbons (Fsp3) is 0.259. The topological polar surface area (TPSA) is 76.7 Å². The van der Waals surface area contributed by atoms with E-state index < -0.39 is 12.0 Å². The Morgan fingerprint density at radius 2 is 1.66 bits per heavy atom. The molecule has 3 aromatic rings. The van der Waals surface area contributed by atoms with E-state index in [0.29, 0.717) is 26.9 Å². The molecule has 0 aromatic heterocycles. The zero-order valence-corrected chi connectivity index (χ0v) is 21.4. The van der Waals surface area contributed by atoms with E-state index in [0.717, 1.165) is 23.4 Å². The van der Waals surface area contributed by atoms with Gasteiger partial charge in [0.05, 0.1) is 23.6 Å². The summed E-state index contributed by atoms with van der Waals surface area (Å²) in [5.74, 6) is -0.584. The highest BCUT2D eigenvalue weighted by Gasteiger charge is 2.23. The first kappa shape index (κ1) is 26.4. The molecule has 0 aliphatic heterocycles. The number of nitrogens with one attached hydrogen (secondary N) is 2. The molecule has 3 aromatic carbocycles. The molecule has 1 amide bonds. The molecule has 0 bridgehead atoms. The van der Waals surface area contributed by atoms with Crippen LogP contribution in [0.2, 0.25) is 10.0 Å². The number of aryl methyl sites for hydroxylation is 1. The van der Waals surface area contributed by atoms with Crippen LogP contribution in [0.25, 0.3) is 0 Å². The predicted octanol–water partition coefficient (Wildman–Crippen LogP) is 5.89. The SMILES string of the molecule is CCNc1cc(C)cc(COc2c(Cl)cc(CC(=O)N[C@H](C(=O)OC)c3ccccc3)cc2Cl)c1. The Bertz CT molecular complexity index is 1160. The molecule has 0 aliphatic carbocycles. The third-order valence-corrected chi connectivity index (χ3v) is 5.76. The van der Waals surface area contributed by atoms with Crippen molar-refractivity contribution in [2.24, 2.45) is 0 Å². The van der Waals surface area contributed by atoms with Crippen LogP contribution in [-0.4, -0.2) is 25.5 Å². The first-order valence-electron chi connectivity index (χ1n) is 11.2. The van der Waals surface area contributed by atoms with Crippen molar-refractivity contribution in [3.63, 3.8) is 0 Å². The maximum absolute atomic E-state index is 12.7. The van der Waals surface area contributed by atoms with Crippen LogP contribution >= 0.6 is 23.2 Å². The summed E-state index contributed by atoms with van der Waals surface area (Å²) in [5, 5.41) is 6.61. The van der Waals surface area contributed by atoms with Gasteiger partial charge in [0.2, 0.25) is 5.91 Å². The van der Waals surface area contributed by atoms with Gasteiger partial charge < -0.3 is 20.1 Å². The van der Waals surface area contributed by atoms with E-state index in [4.69, 9.17) is 32.7 Å². The van der Waals surface area contributed by atoms with Crippen LogP contribution in [0.5, 0.6) is 5.75 Å². The van der Waals surface area contributed by atoms with Gasteiger partial charge in [0.25, 0.3) is 0 Å². The monoisotopic (exact) mass is 514 g/mol. The number of anilines is 1. The molecule has 0 unspecified atom stereocenters. The summed E-state index contributed by atoms with van der Waals surface area (Å²) in [5.41, 5.74) is 4.32. The van der Waals surface area contributed by atoms with Crippen LogP contribution in [0.3, 0.4) is 0 Å². The van der Waals surface area contributed by atoms with E-state index in [1.54, 1.807) is 36.4 Å². The minimum Gasteiger partial charge on any atom is -0.486 e. The summed E-state index contributed by atoms with van der Waals surface area (Å²) in [7, 11) is 1.28. The van der Waals surface area contributed by atoms with Crippen LogP contribution in [0, 0.1) is 6.92 Å². The average Bonchev–Trinajstić information content (AvgIpc) is 2.82. The summed E-state index contributed by atoms with van der Waals surface area (Å²) >= 11 is 12.9. The van der Waals surface area contributed by atoms with Crippen molar-refractivity contribution in [1.29, 1.82) is 0 Å². The van der Waals surface area contributed by atoms with Gasteiger partial charge in [-0.2, -0.15) is 0 Å². The third-order valence-electron chi connectivity index (χ3n) is 5.20. The molecule has 0 radical (unpaired) electrons. The quantitative estimate of drug-likeness (QED) is 0.330. The second kappa shape index (κ2) is 12.5. The molecular formula is C27H28Cl2N2O4. The normalized spacial score (nSPS) is 11.5. The summed E-state index contributed by atoms with van der Waals surface area (Å²) < 4.78 is 10.8. The average molecular weight is 515 g/mol. The summed E-state index contributed by atoms with van der Waals surface area (Å²) in [6.45, 7) is 5.17. The van der Waals surface area contributed by atoms with Crippen molar-refractivity contribution in [2.75, 3.05) is 19.0 Å². The molecule has 1 atom stereocenters. The highest BCUT2D eigenvalue weighted by molar-refractivity contribution is 6.37. The van der Waals surface area contributed by atoms with E-state index in [-0.39, 0.29) is 18.9 Å². The number of amides is 1. The van der Waals surface area contributed by atoms with Crippen molar-refractivity contribution in [1.82, 2.24) is 5.32 Å². The van der Waals surface area contributed by atoms with Crippen molar-refractivity contribution < 1.29 is 19.1 Å². The smallest absolute Gasteiger partial charge is 0.333 e. The second-order valence-electron chi connectivity index (χ2n) is 8.03. The lowest BCUT2D eigenvalue weighted by atomic mass is 10.1. The molecule has 3 rings (SSSR count). The van der Waals surface area contributed by atoms with Gasteiger partial charge in [-0.15, -0.1) is 0 Å². The predicted molar refractivity (Wildman–Crippen MR) is 139 cm³/mol. The van der Waals surface area contributed by atoms with Gasteiger partial charge in [0.15, 0.2) is 11.8 Å². The van der Waals surface area contributed by atoms with Crippen molar-refractivity contribution >= 4 is 40.8 Å². The largest absolute Gasteiger partial charge is 0.486 e. The fourth-order valence-corrected chi connectivity index (χ4v) is 4.34. The highest BCUT2D eigenvalue weighted by atomic mass is 35.5. The lowest BCUT2D eigenvalue weighted by Gasteiger charge is -2.17. The number of halogens is 2. The zero-order valence-electron chi connectivity index (χ0n) is 19.9. The minimum atomic E-state index is -0.913. The Labute approximate surface area is 215 Å². The Kier molecular flexibility index (Phi) is 9.40. The number of methoxy groups -OCH3 is 1. The van der Waals surface area contributed by atoms with Gasteiger partial charge in [-0.25, -0.2) is 4.79 Å². The van der Waals surface area contributed by atoms with Gasteiger partial charge in [-0.3, -0.25) is 4.79 Å². The maximum atomic E-state index is 12.7. The number of carbonyl (C=O) groups is 2. The molecule has 0 saturated heterocycles. The number of benzene rings is 3. The van der Waals surface area contributed by atoms with Crippen molar-refractivity contribution in [2.45, 2.75) is 32.9 Å². The molecule has 0 saturated carbocycles. The number of hydrogen-bond donors (Lipinski definition) is 2. The van der Waals surface area contributed by atoms with Crippen LogP contribution in [-0.2, 0) is 27.4 Å². The van der Waals surface area contributed by atoms with Gasteiger partial charge >= 0.3 is 5.97 Å². The Hall–Kier alpha value is -3.22. The second-order valence-corrected chi connectivity index (χ2v) is 8.84. The summed E-state index contributed by atoms with van der Waals surface area (Å²) in [4.78, 5) is 24.9. The molecule has 8 heteroatoms. The van der Waals surface area contributed by atoms with E-state index >= 15 is 0 Å². The standard InChI is InChI=1S/C27H28Cl2N2O4/c1-4-30-21-11-17(2)10-19(12-21)16-35-26-22(28)13-18(14-23(26)29)15-24(32)31-25(27(33)34-3)20-8-6-5-7-9-20/h5-14,25,30H,4,15-16H2,1-3H3,(H,31,32)/t25-/m0/s1. The van der Waals surface area contributed by atoms with Gasteiger partial charge in [0.1, 0.15) is 6.61 Å². The number of hydrogen-bond acceptors (Lipinski definition) is 5. The molecular weight excluding hydrogens is 487 g/mol. The zero-order chi connectivity index (χ0) is 25.4. The maximum Gasteiger partial charge on any atom is 0.333 e. The number of rotatable bonds is 10. The van der Waals surface area contributed by atoms with Crippen LogP contribution in [0.15, 0.2) is 60.7 Å². The van der Waals surface area contributed by atoms with Crippen LogP contribution < -0.4 is 15.4 Å². The molecule has 0 spiro atoms. The van der Waals surface area contributed by atoms with Crippen LogP contribution in [0.1, 0.15) is 35.2 Å². The lowest BCUT2D eigenvalue weighted by molar-refractivity contribution is -0.145. The Balaban J connectivity index is 1.69. The number of carbonyl (C=O) groups excluding carboxylic acids is 2. The van der Waals surface area contributed by atoms with E-state index in [1.165, 1.54) is 7.11 Å². The molecule has 6 nitrogen and oxygen atoms in total. The highest BCUT2D eigenvalue weighted by Crippen LogP contribution is 2.35. The summed E-state index contributed by atoms with van der Waals surface area (Å²) in [6.07, 6.45) is -0.0238. The first-order chi connectivity index (χ1) is 16.8. The molecule has 35 heavy (non-hydrogen) atoms. The molecule has 2 N–H and O–H groups in total.